The van der Waals surface area contributed by atoms with Gasteiger partial charge in [0.25, 0.3) is 0 Å². The van der Waals surface area contributed by atoms with Gasteiger partial charge in [0.1, 0.15) is 0 Å². The van der Waals surface area contributed by atoms with E-state index < -0.39 is 0 Å². The third kappa shape index (κ3) is 3.91. The quantitative estimate of drug-likeness (QED) is 0.556. The van der Waals surface area contributed by atoms with Crippen molar-refractivity contribution in [1.29, 1.82) is 0 Å². The Bertz CT molecular complexity index is 372. The Labute approximate surface area is 127 Å². The van der Waals surface area contributed by atoms with Crippen LogP contribution in [-0.4, -0.2) is 29.1 Å². The second-order valence-corrected chi connectivity index (χ2v) is 6.30. The third-order valence-electron chi connectivity index (χ3n) is 4.22. The first-order valence-corrected chi connectivity index (χ1v) is 8.29. The normalized spacial score (nSPS) is 27.8. The summed E-state index contributed by atoms with van der Waals surface area (Å²) < 4.78 is 0. The smallest absolute Gasteiger partial charge is 0.0313 e. The summed E-state index contributed by atoms with van der Waals surface area (Å²) in [5.41, 5.74) is 1.37. The number of nitrogens with zero attached hydrogens (tertiary/aromatic N) is 1. The van der Waals surface area contributed by atoms with E-state index in [2.05, 4.69) is 60.6 Å². The van der Waals surface area contributed by atoms with E-state index in [-0.39, 0.29) is 0 Å². The fourth-order valence-electron chi connectivity index (χ4n) is 3.27. The van der Waals surface area contributed by atoms with Gasteiger partial charge in [-0.2, -0.15) is 25.3 Å². The molecule has 1 aliphatic heterocycles. The van der Waals surface area contributed by atoms with Gasteiger partial charge in [-0.3, -0.25) is 5.84 Å². The molecule has 19 heavy (non-hydrogen) atoms. The van der Waals surface area contributed by atoms with E-state index >= 15 is 0 Å². The van der Waals surface area contributed by atoms with Gasteiger partial charge in [0.15, 0.2) is 0 Å². The molecule has 1 fully saturated rings. The minimum absolute atomic E-state index is 0.444. The molecule has 1 heterocycles. The van der Waals surface area contributed by atoms with E-state index in [9.17, 15) is 0 Å². The molecule has 0 aromatic heterocycles. The molecule has 0 spiro atoms. The van der Waals surface area contributed by atoms with Crippen LogP contribution >= 0.6 is 25.3 Å². The van der Waals surface area contributed by atoms with Crippen molar-refractivity contribution in [2.75, 3.05) is 18.1 Å². The van der Waals surface area contributed by atoms with Gasteiger partial charge in [0.2, 0.25) is 0 Å². The van der Waals surface area contributed by atoms with E-state index in [0.717, 1.165) is 37.3 Å². The van der Waals surface area contributed by atoms with Crippen molar-refractivity contribution in [2.45, 2.75) is 25.3 Å². The number of hydrogen-bond acceptors (Lipinski definition) is 4. The molecule has 2 nitrogen and oxygen atoms in total. The lowest BCUT2D eigenvalue weighted by Crippen LogP contribution is -2.40. The summed E-state index contributed by atoms with van der Waals surface area (Å²) in [6.07, 6.45) is 3.34. The Balaban J connectivity index is 2.07. The average Bonchev–Trinajstić information content (AvgIpc) is 2.69. The summed E-state index contributed by atoms with van der Waals surface area (Å²) in [7, 11) is 0. The van der Waals surface area contributed by atoms with E-state index in [4.69, 9.17) is 5.84 Å². The van der Waals surface area contributed by atoms with Crippen molar-refractivity contribution < 1.29 is 0 Å². The van der Waals surface area contributed by atoms with Crippen LogP contribution in [-0.2, 0) is 6.42 Å². The number of hydrazine groups is 1. The lowest BCUT2D eigenvalue weighted by molar-refractivity contribution is 0.227. The Morgan fingerprint density at radius 2 is 1.79 bits per heavy atom. The van der Waals surface area contributed by atoms with Crippen LogP contribution in [0.3, 0.4) is 0 Å². The molecule has 0 aliphatic carbocycles. The number of benzene rings is 1. The molecule has 1 saturated heterocycles. The second-order valence-electron chi connectivity index (χ2n) is 5.40. The largest absolute Gasteiger partial charge is 0.269 e. The Kier molecular flexibility index (Phi) is 6.07. The summed E-state index contributed by atoms with van der Waals surface area (Å²) in [5, 5.41) is 2.05. The third-order valence-corrected chi connectivity index (χ3v) is 4.74. The van der Waals surface area contributed by atoms with Gasteiger partial charge < -0.3 is 0 Å². The number of rotatable bonds is 6. The average molecular weight is 297 g/mol. The highest BCUT2D eigenvalue weighted by atomic mass is 32.1. The van der Waals surface area contributed by atoms with E-state index in [0.29, 0.717) is 17.9 Å². The molecule has 3 atom stereocenters. The van der Waals surface area contributed by atoms with Gasteiger partial charge in [-0.1, -0.05) is 30.3 Å². The van der Waals surface area contributed by atoms with Gasteiger partial charge >= 0.3 is 0 Å². The molecular formula is C15H24N2S2. The zero-order chi connectivity index (χ0) is 13.7. The van der Waals surface area contributed by atoms with Crippen molar-refractivity contribution in [2.24, 2.45) is 17.7 Å². The van der Waals surface area contributed by atoms with E-state index in [1.54, 1.807) is 0 Å². The maximum Gasteiger partial charge on any atom is 0.0313 e. The van der Waals surface area contributed by atoms with Crippen LogP contribution in [0.5, 0.6) is 0 Å². The monoisotopic (exact) mass is 296 g/mol. The van der Waals surface area contributed by atoms with Crippen molar-refractivity contribution in [3.05, 3.63) is 35.9 Å². The first-order chi connectivity index (χ1) is 9.26. The summed E-state index contributed by atoms with van der Waals surface area (Å²) in [6.45, 7) is 0.997. The molecule has 0 saturated carbocycles. The molecule has 2 N–H and O–H groups in total. The molecule has 2 rings (SSSR count). The SMILES string of the molecule is NN1CC(CCS)C(CCS)C1Cc1ccccc1. The highest BCUT2D eigenvalue weighted by Crippen LogP contribution is 2.35. The molecule has 1 aromatic carbocycles. The van der Waals surface area contributed by atoms with Gasteiger partial charge in [-0.05, 0) is 48.2 Å². The fraction of sp³-hybridized carbons (Fsp3) is 0.600. The van der Waals surface area contributed by atoms with Crippen LogP contribution in [0.15, 0.2) is 30.3 Å². The van der Waals surface area contributed by atoms with Crippen LogP contribution in [0.4, 0.5) is 0 Å². The van der Waals surface area contributed by atoms with Crippen molar-refractivity contribution in [3.63, 3.8) is 0 Å². The predicted octanol–water partition coefficient (Wildman–Crippen LogP) is 2.66. The lowest BCUT2D eigenvalue weighted by Gasteiger charge is -2.26. The second kappa shape index (κ2) is 7.58. The molecular weight excluding hydrogens is 272 g/mol. The zero-order valence-corrected chi connectivity index (χ0v) is 13.1. The summed E-state index contributed by atoms with van der Waals surface area (Å²) in [4.78, 5) is 0. The number of nitrogens with two attached hydrogens (primary N) is 1. The molecule has 1 aromatic rings. The van der Waals surface area contributed by atoms with Crippen molar-refractivity contribution in [1.82, 2.24) is 5.01 Å². The molecule has 0 radical (unpaired) electrons. The van der Waals surface area contributed by atoms with Crippen molar-refractivity contribution in [3.8, 4) is 0 Å². The Morgan fingerprint density at radius 1 is 1.11 bits per heavy atom. The topological polar surface area (TPSA) is 29.3 Å². The first kappa shape index (κ1) is 15.2. The summed E-state index contributed by atoms with van der Waals surface area (Å²) in [6, 6.07) is 11.1. The van der Waals surface area contributed by atoms with Gasteiger partial charge in [-0.25, -0.2) is 5.01 Å². The highest BCUT2D eigenvalue weighted by molar-refractivity contribution is 7.80. The molecule has 0 amide bonds. The molecule has 4 heteroatoms. The molecule has 3 unspecified atom stereocenters. The van der Waals surface area contributed by atoms with Gasteiger partial charge in [0.05, 0.1) is 0 Å². The molecule has 106 valence electrons. The molecule has 0 bridgehead atoms. The summed E-state index contributed by atoms with van der Waals surface area (Å²) in [5.74, 6) is 9.45. The Morgan fingerprint density at radius 3 is 2.42 bits per heavy atom. The van der Waals surface area contributed by atoms with Crippen LogP contribution < -0.4 is 5.84 Å². The van der Waals surface area contributed by atoms with Crippen LogP contribution in [0.2, 0.25) is 0 Å². The summed E-state index contributed by atoms with van der Waals surface area (Å²) >= 11 is 8.81. The first-order valence-electron chi connectivity index (χ1n) is 7.03. The van der Waals surface area contributed by atoms with Crippen LogP contribution in [0.25, 0.3) is 0 Å². The van der Waals surface area contributed by atoms with E-state index in [1.165, 1.54) is 5.56 Å². The maximum absolute atomic E-state index is 6.25. The predicted molar refractivity (Wildman–Crippen MR) is 88.7 cm³/mol. The standard InChI is InChI=1S/C15H24N2S2/c16-17-11-13(6-8-18)14(7-9-19)15(17)10-12-4-2-1-3-5-12/h1-5,13-15,18-19H,6-11,16H2. The number of thiol groups is 2. The van der Waals surface area contributed by atoms with Crippen LogP contribution in [0.1, 0.15) is 18.4 Å². The highest BCUT2D eigenvalue weighted by Gasteiger charge is 2.39. The minimum atomic E-state index is 0.444. The zero-order valence-electron chi connectivity index (χ0n) is 11.3. The van der Waals surface area contributed by atoms with Gasteiger partial charge in [0, 0.05) is 12.6 Å². The maximum atomic E-state index is 6.25. The molecule has 1 aliphatic rings. The van der Waals surface area contributed by atoms with Crippen molar-refractivity contribution >= 4 is 25.3 Å². The minimum Gasteiger partial charge on any atom is -0.269 e. The fourth-order valence-corrected chi connectivity index (χ4v) is 3.90. The van der Waals surface area contributed by atoms with Gasteiger partial charge in [-0.15, -0.1) is 0 Å². The number of hydrogen-bond donors (Lipinski definition) is 3. The Hall–Kier alpha value is -0.160. The van der Waals surface area contributed by atoms with E-state index in [1.807, 2.05) is 0 Å². The van der Waals surface area contributed by atoms with Crippen LogP contribution in [0, 0.1) is 11.8 Å². The lowest BCUT2D eigenvalue weighted by atomic mass is 9.84.